The van der Waals surface area contributed by atoms with Gasteiger partial charge < -0.3 is 25.7 Å². The van der Waals surface area contributed by atoms with E-state index in [2.05, 4.69) is 15.6 Å². The second-order valence-corrected chi connectivity index (χ2v) is 8.31. The highest BCUT2D eigenvalue weighted by Gasteiger charge is 2.44. The van der Waals surface area contributed by atoms with Crippen molar-refractivity contribution in [2.75, 3.05) is 38.8 Å². The summed E-state index contributed by atoms with van der Waals surface area (Å²) in [5.74, 6) is 0.979. The molecule has 1 amide bonds. The Balaban J connectivity index is 1.85. The first-order chi connectivity index (χ1) is 14.4. The van der Waals surface area contributed by atoms with Crippen LogP contribution in [-0.4, -0.2) is 55.5 Å². The predicted molar refractivity (Wildman–Crippen MR) is 119 cm³/mol. The summed E-state index contributed by atoms with van der Waals surface area (Å²) in [6.45, 7) is 4.71. The number of alkyl halides is 1. The highest BCUT2D eigenvalue weighted by Crippen LogP contribution is 2.46. The normalized spacial score (nSPS) is 15.3. The number of nitrogens with one attached hydrogen (secondary N) is 2. The fourth-order valence-corrected chi connectivity index (χ4v) is 4.68. The Morgan fingerprint density at radius 2 is 2.23 bits per heavy atom. The van der Waals surface area contributed by atoms with Crippen molar-refractivity contribution in [3.05, 3.63) is 52.1 Å². The summed E-state index contributed by atoms with van der Waals surface area (Å²) in [5.41, 5.74) is 1.24. The van der Waals surface area contributed by atoms with Crippen LogP contribution in [0.1, 0.15) is 29.1 Å². The Bertz CT molecular complexity index is 957. The second kappa shape index (κ2) is 9.36. The van der Waals surface area contributed by atoms with Gasteiger partial charge >= 0.3 is 0 Å². The molecule has 2 aromatic heterocycles. The van der Waals surface area contributed by atoms with E-state index in [0.717, 1.165) is 27.1 Å². The van der Waals surface area contributed by atoms with E-state index in [1.165, 1.54) is 6.08 Å². The first-order valence-electron chi connectivity index (χ1n) is 9.58. The number of thiophene rings is 1. The summed E-state index contributed by atoms with van der Waals surface area (Å²) in [5, 5.41) is 14.9. The number of carbonyl (C=O) groups excluding carboxylic acids is 1. The molecular formula is C21H25FN5O2S-. The lowest BCUT2D eigenvalue weighted by atomic mass is 10.0. The highest BCUT2D eigenvalue weighted by atomic mass is 32.1. The number of aromatic nitrogens is 1. The molecule has 0 aliphatic carbocycles. The van der Waals surface area contributed by atoms with Gasteiger partial charge in [0.1, 0.15) is 18.3 Å². The van der Waals surface area contributed by atoms with Gasteiger partial charge in [-0.05, 0) is 43.7 Å². The van der Waals surface area contributed by atoms with Gasteiger partial charge in [0.15, 0.2) is 0 Å². The molecular weight excluding hydrogens is 405 g/mol. The van der Waals surface area contributed by atoms with E-state index in [0.29, 0.717) is 24.8 Å². The standard InChI is InChI=1S/C21H25FN5O2S/c1-21(2)19-15(20(28)27(21)10-11-29-3)13-16(30-19)14-5-8-24-18(12-14)26-17(4-7-23)25-9-6-22/h4-5,7-8,12-13,25H,6,9-11H2,1-3H3,(H,24,26)/q-1/b17-4+. The summed E-state index contributed by atoms with van der Waals surface area (Å²) in [6.07, 6.45) is 3.92. The van der Waals surface area contributed by atoms with Crippen LogP contribution in [0, 0.1) is 0 Å². The first-order valence-corrected chi connectivity index (χ1v) is 10.4. The van der Waals surface area contributed by atoms with E-state index in [4.69, 9.17) is 10.1 Å². The van der Waals surface area contributed by atoms with E-state index in [1.54, 1.807) is 24.6 Å². The largest absolute Gasteiger partial charge is 0.811 e. The van der Waals surface area contributed by atoms with E-state index in [9.17, 15) is 9.18 Å². The number of methoxy groups -OCH3 is 1. The third-order valence-electron chi connectivity index (χ3n) is 4.92. The van der Waals surface area contributed by atoms with Gasteiger partial charge in [-0.2, -0.15) is 6.21 Å². The van der Waals surface area contributed by atoms with Crippen LogP contribution < -0.4 is 10.6 Å². The van der Waals surface area contributed by atoms with Crippen molar-refractivity contribution < 1.29 is 13.9 Å². The van der Waals surface area contributed by atoms with Crippen LogP contribution in [0.2, 0.25) is 0 Å². The molecule has 0 spiro atoms. The number of halogens is 1. The third kappa shape index (κ3) is 4.36. The molecule has 0 fully saturated rings. The molecule has 2 aromatic rings. The van der Waals surface area contributed by atoms with Crippen molar-refractivity contribution in [3.8, 4) is 10.4 Å². The number of nitrogens with zero attached hydrogens (tertiary/aromatic N) is 3. The molecule has 0 atom stereocenters. The Labute approximate surface area is 179 Å². The molecule has 0 radical (unpaired) electrons. The highest BCUT2D eigenvalue weighted by molar-refractivity contribution is 7.16. The van der Waals surface area contributed by atoms with Crippen LogP contribution >= 0.6 is 11.3 Å². The molecule has 3 heterocycles. The van der Waals surface area contributed by atoms with Gasteiger partial charge in [0.25, 0.3) is 5.91 Å². The van der Waals surface area contributed by atoms with Crippen LogP contribution in [0.25, 0.3) is 15.8 Å². The Morgan fingerprint density at radius 3 is 2.90 bits per heavy atom. The molecule has 0 bridgehead atoms. The van der Waals surface area contributed by atoms with Crippen LogP contribution in [0.4, 0.5) is 10.2 Å². The zero-order valence-electron chi connectivity index (χ0n) is 17.2. The lowest BCUT2D eigenvalue weighted by Crippen LogP contribution is -2.41. The van der Waals surface area contributed by atoms with E-state index in [1.807, 2.05) is 36.9 Å². The van der Waals surface area contributed by atoms with Crippen LogP contribution in [0.5, 0.6) is 0 Å². The number of amides is 1. The number of carbonyl (C=O) groups is 1. The quantitative estimate of drug-likeness (QED) is 0.562. The number of fused-ring (bicyclic) bond motifs is 1. The molecule has 7 nitrogen and oxygen atoms in total. The minimum atomic E-state index is -0.538. The van der Waals surface area contributed by atoms with Crippen molar-refractivity contribution in [1.82, 2.24) is 15.2 Å². The maximum Gasteiger partial charge on any atom is 0.255 e. The Kier molecular flexibility index (Phi) is 6.84. The minimum Gasteiger partial charge on any atom is -0.811 e. The molecule has 3 rings (SSSR count). The summed E-state index contributed by atoms with van der Waals surface area (Å²) in [6, 6.07) is 5.65. The van der Waals surface area contributed by atoms with Crippen LogP contribution in [-0.2, 0) is 10.3 Å². The topological polar surface area (TPSA) is 88.8 Å². The Morgan fingerprint density at radius 1 is 1.43 bits per heavy atom. The van der Waals surface area contributed by atoms with Gasteiger partial charge in [-0.25, -0.2) is 9.37 Å². The number of anilines is 1. The molecule has 9 heteroatoms. The maximum atomic E-state index is 12.9. The molecule has 0 aromatic carbocycles. The molecule has 160 valence electrons. The predicted octanol–water partition coefficient (Wildman–Crippen LogP) is 3.60. The van der Waals surface area contributed by atoms with Gasteiger partial charge in [-0.1, -0.05) is 0 Å². The smallest absolute Gasteiger partial charge is 0.255 e. The van der Waals surface area contributed by atoms with E-state index < -0.39 is 12.2 Å². The van der Waals surface area contributed by atoms with Crippen molar-refractivity contribution in [2.24, 2.45) is 0 Å². The third-order valence-corrected chi connectivity index (χ3v) is 6.41. The van der Waals surface area contributed by atoms with Gasteiger partial charge in [-0.3, -0.25) is 4.79 Å². The van der Waals surface area contributed by atoms with Gasteiger partial charge in [-0.15, -0.1) is 11.3 Å². The Hall–Kier alpha value is -2.78. The average Bonchev–Trinajstić information content (AvgIpc) is 3.25. The molecule has 1 aliphatic heterocycles. The molecule has 0 saturated heterocycles. The number of hydrogen-bond acceptors (Lipinski definition) is 6. The van der Waals surface area contributed by atoms with Crippen molar-refractivity contribution >= 4 is 29.3 Å². The fourth-order valence-electron chi connectivity index (χ4n) is 3.42. The molecule has 0 unspecified atom stereocenters. The molecule has 30 heavy (non-hydrogen) atoms. The van der Waals surface area contributed by atoms with Crippen molar-refractivity contribution in [2.45, 2.75) is 19.4 Å². The lowest BCUT2D eigenvalue weighted by molar-refractivity contribution is 0.0526. The summed E-state index contributed by atoms with van der Waals surface area (Å²) >= 11 is 1.59. The minimum absolute atomic E-state index is 0.0149. The fraction of sp³-hybridized carbons (Fsp3) is 0.381. The molecule has 0 saturated carbocycles. The monoisotopic (exact) mass is 430 g/mol. The molecule has 2 N–H and O–H groups in total. The second-order valence-electron chi connectivity index (χ2n) is 7.26. The maximum absolute atomic E-state index is 12.9. The van der Waals surface area contributed by atoms with Crippen LogP contribution in [0.3, 0.4) is 0 Å². The van der Waals surface area contributed by atoms with Crippen LogP contribution in [0.15, 0.2) is 36.3 Å². The van der Waals surface area contributed by atoms with Gasteiger partial charge in [0.05, 0.1) is 17.7 Å². The lowest BCUT2D eigenvalue weighted by Gasteiger charge is -2.32. The number of rotatable bonds is 10. The summed E-state index contributed by atoms with van der Waals surface area (Å²) < 4.78 is 17.6. The average molecular weight is 431 g/mol. The van der Waals surface area contributed by atoms with E-state index in [-0.39, 0.29) is 12.5 Å². The zero-order chi connectivity index (χ0) is 21.7. The first kappa shape index (κ1) is 21.9. The van der Waals surface area contributed by atoms with Gasteiger partial charge in [0.2, 0.25) is 0 Å². The number of pyridine rings is 1. The summed E-state index contributed by atoms with van der Waals surface area (Å²) in [7, 11) is 1.63. The number of allylic oxidation sites excluding steroid dienone is 1. The van der Waals surface area contributed by atoms with Crippen molar-refractivity contribution in [3.63, 3.8) is 0 Å². The number of hydrogen-bond donors (Lipinski definition) is 2. The summed E-state index contributed by atoms with van der Waals surface area (Å²) in [4.78, 5) is 21.1. The van der Waals surface area contributed by atoms with E-state index >= 15 is 0 Å². The number of ether oxygens (including phenoxy) is 1. The molecule has 1 aliphatic rings. The van der Waals surface area contributed by atoms with Gasteiger partial charge in [0, 0.05) is 36.2 Å². The SMILES string of the molecule is COCCN1C(=O)c2cc(-c3ccnc(N/C(=C/C=[N-])NCCF)c3)sc2C1(C)C. The van der Waals surface area contributed by atoms with Crippen molar-refractivity contribution in [1.29, 1.82) is 0 Å². The zero-order valence-corrected chi connectivity index (χ0v) is 18.1.